The topological polar surface area (TPSA) is 50.4 Å². The summed E-state index contributed by atoms with van der Waals surface area (Å²) >= 11 is 5.92. The Morgan fingerprint density at radius 3 is 2.46 bits per heavy atom. The number of para-hydroxylation sites is 1. The molecule has 0 aliphatic carbocycles. The van der Waals surface area contributed by atoms with Gasteiger partial charge in [0.05, 0.1) is 5.92 Å². The second kappa shape index (κ2) is 9.40. The van der Waals surface area contributed by atoms with Gasteiger partial charge in [-0.3, -0.25) is 10.1 Å². The minimum absolute atomic E-state index is 0.0958. The van der Waals surface area contributed by atoms with Crippen LogP contribution < -0.4 is 15.4 Å². The molecule has 144 valence electrons. The molecule has 1 saturated heterocycles. The molecule has 2 N–H and O–H groups in total. The van der Waals surface area contributed by atoms with Gasteiger partial charge in [0.25, 0.3) is 0 Å². The van der Waals surface area contributed by atoms with Gasteiger partial charge in [-0.05, 0) is 48.4 Å². The maximum Gasteiger partial charge on any atom is 0.232 e. The highest BCUT2D eigenvalue weighted by molar-refractivity contribution is 6.29. The van der Waals surface area contributed by atoms with E-state index in [9.17, 15) is 4.79 Å². The lowest BCUT2D eigenvalue weighted by Crippen LogP contribution is -2.36. The molecule has 0 aromatic heterocycles. The van der Waals surface area contributed by atoms with Gasteiger partial charge < -0.3 is 10.1 Å². The van der Waals surface area contributed by atoms with Crippen molar-refractivity contribution in [1.82, 2.24) is 10.6 Å². The first-order chi connectivity index (χ1) is 13.6. The zero-order valence-corrected chi connectivity index (χ0v) is 16.4. The SMILES string of the molecule is C=CC1C(=O)NC(c2ccc(Oc3ccccc3)cc2)NC/C1=C/C=C(\C)Cl. The molecule has 3 rings (SSSR count). The van der Waals surface area contributed by atoms with Gasteiger partial charge in [-0.25, -0.2) is 0 Å². The van der Waals surface area contributed by atoms with E-state index >= 15 is 0 Å². The first-order valence-corrected chi connectivity index (χ1v) is 9.46. The molecule has 2 aromatic carbocycles. The lowest BCUT2D eigenvalue weighted by Gasteiger charge is -2.18. The van der Waals surface area contributed by atoms with Gasteiger partial charge in [0.15, 0.2) is 0 Å². The van der Waals surface area contributed by atoms with Gasteiger partial charge >= 0.3 is 0 Å². The Morgan fingerprint density at radius 1 is 1.14 bits per heavy atom. The van der Waals surface area contributed by atoms with E-state index in [-0.39, 0.29) is 12.1 Å². The van der Waals surface area contributed by atoms with Crippen LogP contribution in [0.5, 0.6) is 11.5 Å². The van der Waals surface area contributed by atoms with Crippen molar-refractivity contribution < 1.29 is 9.53 Å². The quantitative estimate of drug-likeness (QED) is 0.696. The third-order valence-electron chi connectivity index (χ3n) is 4.43. The Kier molecular flexibility index (Phi) is 6.69. The summed E-state index contributed by atoms with van der Waals surface area (Å²) in [6.07, 6.45) is 5.02. The molecule has 1 aliphatic heterocycles. The molecule has 4 nitrogen and oxygen atoms in total. The number of allylic oxidation sites excluding steroid dienone is 3. The van der Waals surface area contributed by atoms with Gasteiger partial charge in [-0.1, -0.05) is 54.1 Å². The average molecular weight is 395 g/mol. The van der Waals surface area contributed by atoms with Crippen LogP contribution >= 0.6 is 11.6 Å². The third-order valence-corrected chi connectivity index (χ3v) is 4.56. The first kappa shape index (κ1) is 19.9. The molecule has 1 fully saturated rings. The van der Waals surface area contributed by atoms with Crippen molar-refractivity contribution in [3.05, 3.63) is 95.6 Å². The van der Waals surface area contributed by atoms with Crippen LogP contribution in [0.2, 0.25) is 0 Å². The number of rotatable bonds is 5. The number of ether oxygens (including phenoxy) is 1. The number of halogens is 1. The van der Waals surface area contributed by atoms with Crippen LogP contribution in [-0.4, -0.2) is 12.5 Å². The fourth-order valence-corrected chi connectivity index (χ4v) is 3.04. The molecule has 2 aromatic rings. The summed E-state index contributed by atoms with van der Waals surface area (Å²) < 4.78 is 5.82. The van der Waals surface area contributed by atoms with Crippen molar-refractivity contribution in [2.45, 2.75) is 13.1 Å². The van der Waals surface area contributed by atoms with Crippen molar-refractivity contribution in [3.63, 3.8) is 0 Å². The molecule has 28 heavy (non-hydrogen) atoms. The molecule has 1 heterocycles. The summed E-state index contributed by atoms with van der Waals surface area (Å²) in [7, 11) is 0. The van der Waals surface area contributed by atoms with Crippen LogP contribution in [0.1, 0.15) is 18.7 Å². The summed E-state index contributed by atoms with van der Waals surface area (Å²) in [5.41, 5.74) is 1.86. The number of benzene rings is 2. The average Bonchev–Trinajstić information content (AvgIpc) is 2.86. The standard InChI is InChI=1S/C23H23ClN2O2/c1-3-21-18(10-9-16(2)24)15-25-22(26-23(21)27)17-11-13-20(14-12-17)28-19-7-5-4-6-8-19/h3-14,21-22,25H,1,15H2,2H3,(H,26,27)/b16-9+,18-10-. The van der Waals surface area contributed by atoms with E-state index in [4.69, 9.17) is 16.3 Å². The molecular formula is C23H23ClN2O2. The lowest BCUT2D eigenvalue weighted by atomic mass is 9.98. The number of amides is 1. The zero-order valence-electron chi connectivity index (χ0n) is 15.7. The van der Waals surface area contributed by atoms with Gasteiger partial charge in [-0.2, -0.15) is 0 Å². The van der Waals surface area contributed by atoms with Crippen LogP contribution in [0.25, 0.3) is 0 Å². The van der Waals surface area contributed by atoms with Gasteiger partial charge in [-0.15, -0.1) is 6.58 Å². The predicted molar refractivity (Wildman–Crippen MR) is 113 cm³/mol. The van der Waals surface area contributed by atoms with Crippen LogP contribution in [0.3, 0.4) is 0 Å². The Hall–Kier alpha value is -2.82. The maximum absolute atomic E-state index is 12.7. The van der Waals surface area contributed by atoms with E-state index in [0.717, 1.165) is 22.6 Å². The van der Waals surface area contributed by atoms with E-state index in [0.29, 0.717) is 11.6 Å². The number of hydrogen-bond donors (Lipinski definition) is 2. The van der Waals surface area contributed by atoms with Crippen molar-refractivity contribution in [2.75, 3.05) is 6.54 Å². The van der Waals surface area contributed by atoms with Crippen molar-refractivity contribution in [3.8, 4) is 11.5 Å². The Bertz CT molecular complexity index is 885. The largest absolute Gasteiger partial charge is 0.457 e. The fourth-order valence-electron chi connectivity index (χ4n) is 2.98. The van der Waals surface area contributed by atoms with Crippen LogP contribution in [0, 0.1) is 5.92 Å². The minimum Gasteiger partial charge on any atom is -0.457 e. The summed E-state index contributed by atoms with van der Waals surface area (Å²) in [6.45, 7) is 6.15. The highest BCUT2D eigenvalue weighted by atomic mass is 35.5. The lowest BCUT2D eigenvalue weighted by molar-refractivity contribution is -0.123. The predicted octanol–water partition coefficient (Wildman–Crippen LogP) is 5.07. The maximum atomic E-state index is 12.7. The number of carbonyl (C=O) groups is 1. The molecule has 2 unspecified atom stereocenters. The normalized spacial score (nSPS) is 21.7. The number of hydrogen-bond acceptors (Lipinski definition) is 3. The Labute approximate surface area is 170 Å². The molecule has 1 amide bonds. The van der Waals surface area contributed by atoms with Crippen LogP contribution in [0.15, 0.2) is 90.0 Å². The molecular weight excluding hydrogens is 372 g/mol. The van der Waals surface area contributed by atoms with Crippen molar-refractivity contribution in [2.24, 2.45) is 5.92 Å². The highest BCUT2D eigenvalue weighted by Crippen LogP contribution is 2.25. The molecule has 2 atom stereocenters. The number of nitrogens with one attached hydrogen (secondary N) is 2. The van der Waals surface area contributed by atoms with Gasteiger partial charge in [0.1, 0.15) is 17.7 Å². The van der Waals surface area contributed by atoms with Crippen LogP contribution in [-0.2, 0) is 4.79 Å². The van der Waals surface area contributed by atoms with E-state index in [1.165, 1.54) is 0 Å². The van der Waals surface area contributed by atoms with E-state index in [2.05, 4.69) is 17.2 Å². The molecule has 0 spiro atoms. The second-order valence-corrected chi connectivity index (χ2v) is 7.11. The molecule has 5 heteroatoms. The first-order valence-electron chi connectivity index (χ1n) is 9.09. The zero-order chi connectivity index (χ0) is 19.9. The Balaban J connectivity index is 1.75. The Morgan fingerprint density at radius 2 is 1.82 bits per heavy atom. The fraction of sp³-hybridized carbons (Fsp3) is 0.174. The van der Waals surface area contributed by atoms with Gasteiger partial charge in [0.2, 0.25) is 5.91 Å². The van der Waals surface area contributed by atoms with Crippen molar-refractivity contribution >= 4 is 17.5 Å². The third kappa shape index (κ3) is 5.12. The second-order valence-electron chi connectivity index (χ2n) is 6.52. The summed E-state index contributed by atoms with van der Waals surface area (Å²) in [6, 6.07) is 17.3. The summed E-state index contributed by atoms with van der Waals surface area (Å²) in [5.74, 6) is 1.02. The summed E-state index contributed by atoms with van der Waals surface area (Å²) in [4.78, 5) is 12.7. The number of carbonyl (C=O) groups excluding carboxylic acids is 1. The summed E-state index contributed by atoms with van der Waals surface area (Å²) in [5, 5.41) is 7.06. The molecule has 0 saturated carbocycles. The van der Waals surface area contributed by atoms with Crippen LogP contribution in [0.4, 0.5) is 0 Å². The minimum atomic E-state index is -0.398. The highest BCUT2D eigenvalue weighted by Gasteiger charge is 2.27. The van der Waals surface area contributed by atoms with Gasteiger partial charge in [0, 0.05) is 11.6 Å². The molecule has 0 radical (unpaired) electrons. The molecule has 0 bridgehead atoms. The molecule has 1 aliphatic rings. The van der Waals surface area contributed by atoms with Crippen molar-refractivity contribution in [1.29, 1.82) is 0 Å². The van der Waals surface area contributed by atoms with E-state index in [1.807, 2.05) is 60.7 Å². The smallest absolute Gasteiger partial charge is 0.232 e. The van der Waals surface area contributed by atoms with E-state index in [1.54, 1.807) is 19.1 Å². The van der Waals surface area contributed by atoms with E-state index < -0.39 is 5.92 Å². The monoisotopic (exact) mass is 394 g/mol.